The van der Waals surface area contributed by atoms with Crippen molar-refractivity contribution >= 4 is 5.97 Å². The van der Waals surface area contributed by atoms with E-state index in [0.29, 0.717) is 18.4 Å². The van der Waals surface area contributed by atoms with Gasteiger partial charge < -0.3 is 15.3 Å². The average molecular weight is 356 g/mol. The van der Waals surface area contributed by atoms with Gasteiger partial charge in [0.2, 0.25) is 0 Å². The zero-order valence-corrected chi connectivity index (χ0v) is 14.2. The molecule has 1 rings (SSSR count). The summed E-state index contributed by atoms with van der Waals surface area (Å²) in [6.07, 6.45) is 5.68. The van der Waals surface area contributed by atoms with Gasteiger partial charge in [-0.05, 0) is 43.2 Å². The van der Waals surface area contributed by atoms with Crippen molar-refractivity contribution in [2.45, 2.75) is 37.9 Å². The molecule has 0 unspecified atom stereocenters. The summed E-state index contributed by atoms with van der Waals surface area (Å²) in [6, 6.07) is 5.80. The molecule has 0 bridgehead atoms. The highest BCUT2D eigenvalue weighted by Gasteiger charge is 2.01. The summed E-state index contributed by atoms with van der Waals surface area (Å²) in [6.45, 7) is 0. The summed E-state index contributed by atoms with van der Waals surface area (Å²) >= 11 is 0. The van der Waals surface area contributed by atoms with E-state index < -0.39 is 18.2 Å². The molecule has 3 N–H and O–H groups in total. The molecule has 0 amide bonds. The van der Waals surface area contributed by atoms with Crippen molar-refractivity contribution < 1.29 is 24.5 Å². The number of benzene rings is 1. The normalized spacial score (nSPS) is 12.9. The maximum absolute atomic E-state index is 12.7. The number of hydrogen-bond acceptors (Lipinski definition) is 3. The van der Waals surface area contributed by atoms with Gasteiger partial charge in [0, 0.05) is 18.4 Å². The molecule has 1 aromatic carbocycles. The minimum absolute atomic E-state index is 0.0132. The Bertz CT molecular complexity index is 742. The first kappa shape index (κ1) is 21.2. The molecule has 0 spiro atoms. The Kier molecular flexibility index (Phi) is 10.2. The standard InChI is InChI=1S/C21H21FO4/c22-18-15-13-17(14-16-18)7-5-10-19(23)8-3-1-2-4-9-20(24)11-6-12-21(25)26/h1-3,8,13-16,19-20,23-24H,6,10-12H2,(H,25,26)/b2-1+,8-3+/t19-,20-/m0/s1. The molecule has 0 aliphatic rings. The lowest BCUT2D eigenvalue weighted by atomic mass is 10.1. The minimum Gasteiger partial charge on any atom is -0.481 e. The Hall–Kier alpha value is -2.86. The molecular formula is C21H21FO4. The van der Waals surface area contributed by atoms with Crippen molar-refractivity contribution in [3.8, 4) is 23.7 Å². The predicted molar refractivity (Wildman–Crippen MR) is 97.5 cm³/mol. The van der Waals surface area contributed by atoms with Crippen LogP contribution in [0, 0.1) is 29.5 Å². The lowest BCUT2D eigenvalue weighted by Gasteiger charge is -1.99. The van der Waals surface area contributed by atoms with Gasteiger partial charge in [-0.3, -0.25) is 4.79 Å². The maximum Gasteiger partial charge on any atom is 0.303 e. The molecule has 2 atom stereocenters. The van der Waals surface area contributed by atoms with Crippen molar-refractivity contribution in [1.82, 2.24) is 0 Å². The van der Waals surface area contributed by atoms with Crippen molar-refractivity contribution in [1.29, 1.82) is 0 Å². The molecule has 0 aliphatic carbocycles. The number of hydrogen-bond donors (Lipinski definition) is 3. The largest absolute Gasteiger partial charge is 0.481 e. The van der Waals surface area contributed by atoms with Crippen LogP contribution >= 0.6 is 0 Å². The second-order valence-electron chi connectivity index (χ2n) is 5.41. The Morgan fingerprint density at radius 3 is 2.62 bits per heavy atom. The van der Waals surface area contributed by atoms with Crippen LogP contribution in [0.5, 0.6) is 0 Å². The average Bonchev–Trinajstić information content (AvgIpc) is 2.59. The Morgan fingerprint density at radius 2 is 1.92 bits per heavy atom. The number of halogens is 1. The van der Waals surface area contributed by atoms with Crippen LogP contribution in [0.3, 0.4) is 0 Å². The smallest absolute Gasteiger partial charge is 0.303 e. The monoisotopic (exact) mass is 356 g/mol. The maximum atomic E-state index is 12.7. The van der Waals surface area contributed by atoms with Gasteiger partial charge in [-0.1, -0.05) is 41.9 Å². The van der Waals surface area contributed by atoms with Gasteiger partial charge in [-0.2, -0.15) is 0 Å². The molecule has 5 heteroatoms. The topological polar surface area (TPSA) is 77.8 Å². The number of aliphatic hydroxyl groups excluding tert-OH is 2. The molecular weight excluding hydrogens is 335 g/mol. The highest BCUT2D eigenvalue weighted by atomic mass is 19.1. The van der Waals surface area contributed by atoms with Crippen molar-refractivity contribution in [2.75, 3.05) is 0 Å². The molecule has 0 aromatic heterocycles. The SMILES string of the molecule is O=C(O)CCC[C@@H](O)C#C/C=C/C=C/[C@H](O)CC#Cc1ccc(F)cc1. The van der Waals surface area contributed by atoms with Gasteiger partial charge >= 0.3 is 5.97 Å². The highest BCUT2D eigenvalue weighted by molar-refractivity contribution is 5.66. The summed E-state index contributed by atoms with van der Waals surface area (Å²) < 4.78 is 12.7. The molecule has 0 fully saturated rings. The first-order chi connectivity index (χ1) is 12.5. The number of allylic oxidation sites excluding steroid dienone is 3. The fourth-order valence-electron chi connectivity index (χ4n) is 1.82. The fraction of sp³-hybridized carbons (Fsp3) is 0.286. The predicted octanol–water partition coefficient (Wildman–Crippen LogP) is 2.66. The first-order valence-electron chi connectivity index (χ1n) is 8.14. The van der Waals surface area contributed by atoms with E-state index in [1.54, 1.807) is 30.4 Å². The molecule has 0 saturated carbocycles. The number of carboxylic acids is 1. The summed E-state index contributed by atoms with van der Waals surface area (Å²) in [4.78, 5) is 10.3. The van der Waals surface area contributed by atoms with Crippen LogP contribution in [0.15, 0.2) is 48.6 Å². The van der Waals surface area contributed by atoms with Crippen LogP contribution in [-0.4, -0.2) is 33.5 Å². The Labute approximate surface area is 152 Å². The van der Waals surface area contributed by atoms with Crippen LogP contribution in [0.4, 0.5) is 4.39 Å². The second kappa shape index (κ2) is 12.5. The van der Waals surface area contributed by atoms with Crippen LogP contribution < -0.4 is 0 Å². The molecule has 26 heavy (non-hydrogen) atoms. The number of carboxylic acid groups (broad SMARTS) is 1. The van der Waals surface area contributed by atoms with E-state index in [-0.39, 0.29) is 18.7 Å². The minimum atomic E-state index is -0.892. The van der Waals surface area contributed by atoms with Crippen molar-refractivity contribution in [2.24, 2.45) is 0 Å². The molecule has 136 valence electrons. The molecule has 0 aliphatic heterocycles. The molecule has 0 radical (unpaired) electrons. The Morgan fingerprint density at radius 1 is 1.19 bits per heavy atom. The van der Waals surface area contributed by atoms with Gasteiger partial charge in [0.1, 0.15) is 11.9 Å². The molecule has 1 aromatic rings. The number of aliphatic hydroxyl groups is 2. The van der Waals surface area contributed by atoms with Crippen molar-refractivity contribution in [3.05, 3.63) is 60.0 Å². The summed E-state index contributed by atoms with van der Waals surface area (Å²) in [5.74, 6) is 9.67. The van der Waals surface area contributed by atoms with E-state index in [2.05, 4.69) is 23.7 Å². The van der Waals surface area contributed by atoms with E-state index in [0.717, 1.165) is 0 Å². The third kappa shape index (κ3) is 10.8. The third-order valence-corrected chi connectivity index (χ3v) is 3.13. The molecule has 0 heterocycles. The number of carbonyl (C=O) groups is 1. The fourth-order valence-corrected chi connectivity index (χ4v) is 1.82. The summed E-state index contributed by atoms with van der Waals surface area (Å²) in [5, 5.41) is 27.8. The summed E-state index contributed by atoms with van der Waals surface area (Å²) in [7, 11) is 0. The van der Waals surface area contributed by atoms with Gasteiger partial charge in [-0.25, -0.2) is 4.39 Å². The summed E-state index contributed by atoms with van der Waals surface area (Å²) in [5.41, 5.74) is 0.680. The van der Waals surface area contributed by atoms with Crippen molar-refractivity contribution in [3.63, 3.8) is 0 Å². The van der Waals surface area contributed by atoms with E-state index in [1.165, 1.54) is 18.2 Å². The van der Waals surface area contributed by atoms with Crippen LogP contribution in [0.25, 0.3) is 0 Å². The van der Waals surface area contributed by atoms with Gasteiger partial charge in [-0.15, -0.1) is 0 Å². The van der Waals surface area contributed by atoms with E-state index in [1.807, 2.05) is 0 Å². The zero-order chi connectivity index (χ0) is 19.2. The van der Waals surface area contributed by atoms with Gasteiger partial charge in [0.05, 0.1) is 6.10 Å². The lowest BCUT2D eigenvalue weighted by Crippen LogP contribution is -2.04. The first-order valence-corrected chi connectivity index (χ1v) is 8.14. The number of rotatable bonds is 7. The second-order valence-corrected chi connectivity index (χ2v) is 5.41. The van der Waals surface area contributed by atoms with E-state index >= 15 is 0 Å². The quantitative estimate of drug-likeness (QED) is 0.518. The highest BCUT2D eigenvalue weighted by Crippen LogP contribution is 2.01. The van der Waals surface area contributed by atoms with Crippen LogP contribution in [0.1, 0.15) is 31.2 Å². The van der Waals surface area contributed by atoms with Gasteiger partial charge in [0.25, 0.3) is 0 Å². The number of aliphatic carboxylic acids is 1. The third-order valence-electron chi connectivity index (χ3n) is 3.13. The molecule has 0 saturated heterocycles. The van der Waals surface area contributed by atoms with Crippen LogP contribution in [0.2, 0.25) is 0 Å². The van der Waals surface area contributed by atoms with Crippen LogP contribution in [-0.2, 0) is 4.79 Å². The van der Waals surface area contributed by atoms with E-state index in [4.69, 9.17) is 5.11 Å². The Balaban J connectivity index is 2.30. The molecule has 4 nitrogen and oxygen atoms in total. The lowest BCUT2D eigenvalue weighted by molar-refractivity contribution is -0.137. The van der Waals surface area contributed by atoms with E-state index in [9.17, 15) is 19.4 Å². The van der Waals surface area contributed by atoms with Gasteiger partial charge in [0.15, 0.2) is 0 Å². The zero-order valence-electron chi connectivity index (χ0n) is 14.2.